The molecule has 0 amide bonds. The SMILES string of the molecule is c1ccc(-c2cccc(C3c4ccccc4-c4ccccc43)c2)cc1. The standard InChI is InChI=1S/C25H18/c1-2-9-18(10-3-1)19-11-8-12-20(17-19)25-23-15-6-4-13-21(23)22-14-5-7-16-24(22)25/h1-17,25H. The Morgan fingerprint density at radius 2 is 1.00 bits per heavy atom. The van der Waals surface area contributed by atoms with Crippen LogP contribution in [0.5, 0.6) is 0 Å². The van der Waals surface area contributed by atoms with Crippen LogP contribution in [-0.2, 0) is 0 Å². The zero-order valence-corrected chi connectivity index (χ0v) is 13.9. The Hall–Kier alpha value is -3.12. The molecule has 0 heterocycles. The monoisotopic (exact) mass is 318 g/mol. The van der Waals surface area contributed by atoms with Crippen LogP contribution in [0.4, 0.5) is 0 Å². The van der Waals surface area contributed by atoms with Crippen molar-refractivity contribution in [1.29, 1.82) is 0 Å². The van der Waals surface area contributed by atoms with Gasteiger partial charge in [-0.05, 0) is 38.9 Å². The highest BCUT2D eigenvalue weighted by molar-refractivity contribution is 5.81. The minimum atomic E-state index is 0.316. The van der Waals surface area contributed by atoms with Crippen molar-refractivity contribution in [2.24, 2.45) is 0 Å². The summed E-state index contributed by atoms with van der Waals surface area (Å²) in [7, 11) is 0. The molecule has 1 aliphatic rings. The van der Waals surface area contributed by atoms with E-state index in [2.05, 4.69) is 103 Å². The third kappa shape index (κ3) is 2.30. The summed E-state index contributed by atoms with van der Waals surface area (Å²) in [5.74, 6) is 0.316. The zero-order chi connectivity index (χ0) is 16.6. The summed E-state index contributed by atoms with van der Waals surface area (Å²) >= 11 is 0. The van der Waals surface area contributed by atoms with Gasteiger partial charge in [0.05, 0.1) is 0 Å². The maximum absolute atomic E-state index is 2.35. The van der Waals surface area contributed by atoms with Crippen molar-refractivity contribution in [3.05, 3.63) is 120 Å². The molecule has 0 aromatic heterocycles. The van der Waals surface area contributed by atoms with E-state index in [1.165, 1.54) is 38.9 Å². The number of rotatable bonds is 2. The maximum atomic E-state index is 2.35. The molecule has 0 unspecified atom stereocenters. The third-order valence-electron chi connectivity index (χ3n) is 5.16. The summed E-state index contributed by atoms with van der Waals surface area (Å²) in [6.45, 7) is 0. The summed E-state index contributed by atoms with van der Waals surface area (Å²) in [4.78, 5) is 0. The van der Waals surface area contributed by atoms with E-state index in [0.717, 1.165) is 0 Å². The molecular formula is C25H18. The zero-order valence-electron chi connectivity index (χ0n) is 13.9. The van der Waals surface area contributed by atoms with Gasteiger partial charge in [-0.15, -0.1) is 0 Å². The van der Waals surface area contributed by atoms with Gasteiger partial charge in [0.1, 0.15) is 0 Å². The second-order valence-electron chi connectivity index (χ2n) is 6.60. The van der Waals surface area contributed by atoms with E-state index in [-0.39, 0.29) is 0 Å². The average Bonchev–Trinajstić information content (AvgIpc) is 3.03. The van der Waals surface area contributed by atoms with Crippen LogP contribution in [0, 0.1) is 0 Å². The van der Waals surface area contributed by atoms with Gasteiger partial charge in [-0.3, -0.25) is 0 Å². The molecule has 0 atom stereocenters. The van der Waals surface area contributed by atoms with Gasteiger partial charge in [0, 0.05) is 5.92 Å². The van der Waals surface area contributed by atoms with Crippen LogP contribution in [0.2, 0.25) is 0 Å². The number of hydrogen-bond acceptors (Lipinski definition) is 0. The lowest BCUT2D eigenvalue weighted by Gasteiger charge is -2.15. The summed E-state index contributed by atoms with van der Waals surface area (Å²) in [5.41, 5.74) is 9.46. The fourth-order valence-corrected chi connectivity index (χ4v) is 4.04. The predicted molar refractivity (Wildman–Crippen MR) is 105 cm³/mol. The first kappa shape index (κ1) is 14.2. The first-order valence-electron chi connectivity index (χ1n) is 8.75. The highest BCUT2D eigenvalue weighted by Gasteiger charge is 2.29. The van der Waals surface area contributed by atoms with Gasteiger partial charge in [-0.2, -0.15) is 0 Å². The van der Waals surface area contributed by atoms with E-state index < -0.39 is 0 Å². The van der Waals surface area contributed by atoms with Crippen LogP contribution in [0.15, 0.2) is 103 Å². The van der Waals surface area contributed by atoms with E-state index in [9.17, 15) is 0 Å². The smallest absolute Gasteiger partial charge is 0.0352 e. The van der Waals surface area contributed by atoms with Gasteiger partial charge in [0.2, 0.25) is 0 Å². The Kier molecular flexibility index (Phi) is 3.28. The van der Waals surface area contributed by atoms with E-state index in [1.807, 2.05) is 0 Å². The van der Waals surface area contributed by atoms with Crippen molar-refractivity contribution in [1.82, 2.24) is 0 Å². The Bertz CT molecular complexity index is 999. The average molecular weight is 318 g/mol. The Labute approximate surface area is 148 Å². The van der Waals surface area contributed by atoms with Crippen LogP contribution < -0.4 is 0 Å². The molecule has 25 heavy (non-hydrogen) atoms. The van der Waals surface area contributed by atoms with Gasteiger partial charge < -0.3 is 0 Å². The molecule has 1 aliphatic carbocycles. The molecule has 118 valence electrons. The summed E-state index contributed by atoms with van der Waals surface area (Å²) in [6.07, 6.45) is 0. The van der Waals surface area contributed by atoms with E-state index in [0.29, 0.717) is 5.92 Å². The lowest BCUT2D eigenvalue weighted by Crippen LogP contribution is -1.99. The van der Waals surface area contributed by atoms with E-state index >= 15 is 0 Å². The van der Waals surface area contributed by atoms with Gasteiger partial charge in [0.15, 0.2) is 0 Å². The molecule has 0 fully saturated rings. The molecule has 4 aromatic carbocycles. The van der Waals surface area contributed by atoms with Gasteiger partial charge >= 0.3 is 0 Å². The number of fused-ring (bicyclic) bond motifs is 3. The molecule has 0 aliphatic heterocycles. The lowest BCUT2D eigenvalue weighted by molar-refractivity contribution is 1.02. The molecule has 0 bridgehead atoms. The molecule has 0 heteroatoms. The van der Waals surface area contributed by atoms with Crippen molar-refractivity contribution < 1.29 is 0 Å². The van der Waals surface area contributed by atoms with Crippen molar-refractivity contribution in [3.8, 4) is 22.3 Å². The molecule has 0 saturated heterocycles. The van der Waals surface area contributed by atoms with Crippen LogP contribution in [0.25, 0.3) is 22.3 Å². The van der Waals surface area contributed by atoms with E-state index in [4.69, 9.17) is 0 Å². The molecule has 4 aromatic rings. The summed E-state index contributed by atoms with van der Waals surface area (Å²) in [6, 6.07) is 37.2. The molecule has 0 nitrogen and oxygen atoms in total. The number of benzene rings is 4. The number of hydrogen-bond donors (Lipinski definition) is 0. The fourth-order valence-electron chi connectivity index (χ4n) is 4.04. The molecule has 5 rings (SSSR count). The third-order valence-corrected chi connectivity index (χ3v) is 5.16. The first-order valence-corrected chi connectivity index (χ1v) is 8.75. The van der Waals surface area contributed by atoms with Gasteiger partial charge in [-0.1, -0.05) is 103 Å². The maximum Gasteiger partial charge on any atom is 0.0352 e. The summed E-state index contributed by atoms with van der Waals surface area (Å²) in [5, 5.41) is 0. The predicted octanol–water partition coefficient (Wildman–Crippen LogP) is 6.51. The highest BCUT2D eigenvalue weighted by atomic mass is 14.3. The lowest BCUT2D eigenvalue weighted by atomic mass is 9.88. The first-order chi connectivity index (χ1) is 12.4. The molecule has 0 saturated carbocycles. The fraction of sp³-hybridized carbons (Fsp3) is 0.0400. The van der Waals surface area contributed by atoms with Gasteiger partial charge in [0.25, 0.3) is 0 Å². The normalized spacial score (nSPS) is 12.6. The van der Waals surface area contributed by atoms with Crippen LogP contribution in [0.1, 0.15) is 22.6 Å². The molecule has 0 N–H and O–H groups in total. The minimum Gasteiger partial charge on any atom is -0.0622 e. The highest BCUT2D eigenvalue weighted by Crippen LogP contribution is 2.48. The Morgan fingerprint density at radius 3 is 1.68 bits per heavy atom. The van der Waals surface area contributed by atoms with Crippen molar-refractivity contribution in [2.45, 2.75) is 5.92 Å². The van der Waals surface area contributed by atoms with Crippen molar-refractivity contribution >= 4 is 0 Å². The molecule has 0 radical (unpaired) electrons. The van der Waals surface area contributed by atoms with E-state index in [1.54, 1.807) is 0 Å². The van der Waals surface area contributed by atoms with Crippen molar-refractivity contribution in [3.63, 3.8) is 0 Å². The topological polar surface area (TPSA) is 0 Å². The molecular weight excluding hydrogens is 300 g/mol. The van der Waals surface area contributed by atoms with Crippen molar-refractivity contribution in [2.75, 3.05) is 0 Å². The second kappa shape index (κ2) is 5.75. The quantitative estimate of drug-likeness (QED) is 0.348. The summed E-state index contributed by atoms with van der Waals surface area (Å²) < 4.78 is 0. The van der Waals surface area contributed by atoms with Crippen LogP contribution >= 0.6 is 0 Å². The second-order valence-corrected chi connectivity index (χ2v) is 6.60. The minimum absolute atomic E-state index is 0.316. The molecule has 0 spiro atoms. The van der Waals surface area contributed by atoms with Gasteiger partial charge in [-0.25, -0.2) is 0 Å². The Balaban J connectivity index is 1.69. The largest absolute Gasteiger partial charge is 0.0622 e. The van der Waals surface area contributed by atoms with Crippen LogP contribution in [-0.4, -0.2) is 0 Å². The Morgan fingerprint density at radius 1 is 0.440 bits per heavy atom. The van der Waals surface area contributed by atoms with Crippen LogP contribution in [0.3, 0.4) is 0 Å².